The van der Waals surface area contributed by atoms with E-state index in [2.05, 4.69) is 15.4 Å². The van der Waals surface area contributed by atoms with Crippen LogP contribution in [0.5, 0.6) is 11.5 Å². The second kappa shape index (κ2) is 11.1. The molecule has 2 amide bonds. The maximum atomic E-state index is 12.5. The van der Waals surface area contributed by atoms with E-state index < -0.39 is 12.7 Å². The smallest absolute Gasteiger partial charge is 0.387 e. The van der Waals surface area contributed by atoms with Crippen molar-refractivity contribution >= 4 is 23.2 Å². The number of hydrogen-bond donors (Lipinski definition) is 2. The topological polar surface area (TPSA) is 79.9 Å². The van der Waals surface area contributed by atoms with Crippen molar-refractivity contribution in [3.05, 3.63) is 48.5 Å². The maximum Gasteiger partial charge on any atom is 0.387 e. The molecule has 0 aliphatic carbocycles. The van der Waals surface area contributed by atoms with Crippen LogP contribution in [0.1, 0.15) is 13.8 Å². The van der Waals surface area contributed by atoms with Gasteiger partial charge in [0.1, 0.15) is 11.5 Å². The lowest BCUT2D eigenvalue weighted by Crippen LogP contribution is -2.45. The van der Waals surface area contributed by atoms with Crippen molar-refractivity contribution in [1.82, 2.24) is 4.90 Å². The molecule has 0 radical (unpaired) electrons. The van der Waals surface area contributed by atoms with Gasteiger partial charge >= 0.3 is 6.61 Å². The summed E-state index contributed by atoms with van der Waals surface area (Å²) in [6, 6.07) is 12.0. The summed E-state index contributed by atoms with van der Waals surface area (Å²) in [5.41, 5.74) is 1.06. The van der Waals surface area contributed by atoms with Crippen LogP contribution in [0.15, 0.2) is 48.5 Å². The van der Waals surface area contributed by atoms with Gasteiger partial charge in [0.15, 0.2) is 0 Å². The van der Waals surface area contributed by atoms with Crippen molar-refractivity contribution in [2.75, 3.05) is 30.8 Å². The van der Waals surface area contributed by atoms with Gasteiger partial charge in [0, 0.05) is 11.4 Å². The van der Waals surface area contributed by atoms with Gasteiger partial charge in [-0.2, -0.15) is 8.78 Å². The van der Waals surface area contributed by atoms with Gasteiger partial charge in [-0.15, -0.1) is 0 Å². The number of amides is 2. The third-order valence-corrected chi connectivity index (χ3v) is 4.40. The van der Waals surface area contributed by atoms with E-state index in [0.717, 1.165) is 0 Å². The van der Waals surface area contributed by atoms with E-state index >= 15 is 0 Å². The molecule has 2 rings (SSSR count). The van der Waals surface area contributed by atoms with E-state index in [0.29, 0.717) is 23.7 Å². The molecule has 0 saturated heterocycles. The number of alkyl halides is 2. The van der Waals surface area contributed by atoms with E-state index in [4.69, 9.17) is 4.74 Å². The molecule has 0 spiro atoms. The lowest BCUT2D eigenvalue weighted by atomic mass is 10.2. The number of rotatable bonds is 10. The molecular weight excluding hydrogens is 396 g/mol. The number of anilines is 2. The molecule has 2 aromatic carbocycles. The highest BCUT2D eigenvalue weighted by atomic mass is 19.3. The molecular formula is C21H25F2N3O4. The molecule has 0 saturated carbocycles. The van der Waals surface area contributed by atoms with E-state index in [1.54, 1.807) is 43.2 Å². The van der Waals surface area contributed by atoms with Crippen LogP contribution in [0.4, 0.5) is 20.2 Å². The van der Waals surface area contributed by atoms with Gasteiger partial charge in [0.05, 0.1) is 19.7 Å². The molecule has 2 N–H and O–H groups in total. The molecule has 0 aliphatic heterocycles. The third kappa shape index (κ3) is 7.00. The Morgan fingerprint density at radius 3 is 2.00 bits per heavy atom. The third-order valence-electron chi connectivity index (χ3n) is 4.40. The van der Waals surface area contributed by atoms with Gasteiger partial charge in [-0.3, -0.25) is 14.5 Å². The fourth-order valence-electron chi connectivity index (χ4n) is 2.71. The largest absolute Gasteiger partial charge is 0.497 e. The molecule has 0 aliphatic rings. The van der Waals surface area contributed by atoms with Crippen molar-refractivity contribution in [3.63, 3.8) is 0 Å². The van der Waals surface area contributed by atoms with Crippen LogP contribution in [0.25, 0.3) is 0 Å². The fourth-order valence-corrected chi connectivity index (χ4v) is 2.71. The highest BCUT2D eigenvalue weighted by Gasteiger charge is 2.22. The molecule has 162 valence electrons. The number of ether oxygens (including phenoxy) is 2. The molecule has 2 aromatic rings. The number of carbonyl (C=O) groups is 2. The fraction of sp³-hybridized carbons (Fsp3) is 0.333. The first-order chi connectivity index (χ1) is 14.3. The summed E-state index contributed by atoms with van der Waals surface area (Å²) in [5, 5.41) is 5.48. The van der Waals surface area contributed by atoms with E-state index in [9.17, 15) is 18.4 Å². The summed E-state index contributed by atoms with van der Waals surface area (Å²) < 4.78 is 33.8. The highest BCUT2D eigenvalue weighted by molar-refractivity contribution is 5.96. The molecule has 0 bridgehead atoms. The summed E-state index contributed by atoms with van der Waals surface area (Å²) in [5.74, 6) is 0.107. The Morgan fingerprint density at radius 2 is 1.50 bits per heavy atom. The molecule has 0 aromatic heterocycles. The number of methoxy groups -OCH3 is 1. The van der Waals surface area contributed by atoms with Crippen LogP contribution in [0, 0.1) is 0 Å². The van der Waals surface area contributed by atoms with Gasteiger partial charge in [0.2, 0.25) is 11.8 Å². The zero-order chi connectivity index (χ0) is 22.1. The van der Waals surface area contributed by atoms with Crippen LogP contribution >= 0.6 is 0 Å². The SMILES string of the molecule is CCN(CC(=O)Nc1ccc(OC)cc1)[C@H](C)C(=O)Nc1ccc(OC(F)F)cc1. The predicted molar refractivity (Wildman–Crippen MR) is 110 cm³/mol. The second-order valence-corrected chi connectivity index (χ2v) is 6.41. The number of benzene rings is 2. The lowest BCUT2D eigenvalue weighted by molar-refractivity contribution is -0.123. The Kier molecular flexibility index (Phi) is 8.54. The zero-order valence-electron chi connectivity index (χ0n) is 17.0. The summed E-state index contributed by atoms with van der Waals surface area (Å²) in [6.45, 7) is 1.13. The average molecular weight is 421 g/mol. The lowest BCUT2D eigenvalue weighted by Gasteiger charge is -2.26. The highest BCUT2D eigenvalue weighted by Crippen LogP contribution is 2.18. The Hall–Kier alpha value is -3.20. The monoisotopic (exact) mass is 421 g/mol. The minimum absolute atomic E-state index is 0.00133. The summed E-state index contributed by atoms with van der Waals surface area (Å²) in [4.78, 5) is 26.6. The van der Waals surface area contributed by atoms with Gasteiger partial charge in [0.25, 0.3) is 0 Å². The predicted octanol–water partition coefficient (Wildman–Crippen LogP) is 3.58. The first-order valence-electron chi connectivity index (χ1n) is 9.36. The van der Waals surface area contributed by atoms with Crippen molar-refractivity contribution in [2.45, 2.75) is 26.5 Å². The van der Waals surface area contributed by atoms with Gasteiger partial charge in [-0.1, -0.05) is 6.92 Å². The number of halogens is 2. The number of nitrogens with zero attached hydrogens (tertiary/aromatic N) is 1. The second-order valence-electron chi connectivity index (χ2n) is 6.41. The molecule has 9 heteroatoms. The van der Waals surface area contributed by atoms with Crippen molar-refractivity contribution in [1.29, 1.82) is 0 Å². The van der Waals surface area contributed by atoms with E-state index in [1.807, 2.05) is 6.92 Å². The minimum Gasteiger partial charge on any atom is -0.497 e. The molecule has 30 heavy (non-hydrogen) atoms. The summed E-state index contributed by atoms with van der Waals surface area (Å²) >= 11 is 0. The van der Waals surface area contributed by atoms with Crippen molar-refractivity contribution in [2.24, 2.45) is 0 Å². The van der Waals surface area contributed by atoms with Gasteiger partial charge < -0.3 is 20.1 Å². The number of carbonyl (C=O) groups excluding carboxylic acids is 2. The Balaban J connectivity index is 1.91. The number of hydrogen-bond acceptors (Lipinski definition) is 5. The Labute approximate surface area is 174 Å². The standard InChI is InChI=1S/C21H25F2N3O4/c1-4-26(13-19(27)24-15-5-9-17(29-3)10-6-15)14(2)20(28)25-16-7-11-18(12-8-16)30-21(22)23/h5-12,14,21H,4,13H2,1-3H3,(H,24,27)(H,25,28)/t14-/m1/s1. The first kappa shape index (κ1) is 23.1. The van der Waals surface area contributed by atoms with Crippen molar-refractivity contribution < 1.29 is 27.8 Å². The first-order valence-corrected chi connectivity index (χ1v) is 9.36. The maximum absolute atomic E-state index is 12.5. The van der Waals surface area contributed by atoms with Gasteiger partial charge in [-0.25, -0.2) is 0 Å². The van der Waals surface area contributed by atoms with Crippen LogP contribution in [-0.4, -0.2) is 49.6 Å². The molecule has 0 fully saturated rings. The molecule has 1 atom stereocenters. The van der Waals surface area contributed by atoms with Gasteiger partial charge in [-0.05, 0) is 62.0 Å². The summed E-state index contributed by atoms with van der Waals surface area (Å²) in [6.07, 6.45) is 0. The van der Waals surface area contributed by atoms with E-state index in [-0.39, 0.29) is 24.1 Å². The average Bonchev–Trinajstić information content (AvgIpc) is 2.73. The van der Waals surface area contributed by atoms with Crippen LogP contribution in [0.3, 0.4) is 0 Å². The van der Waals surface area contributed by atoms with Crippen LogP contribution in [0.2, 0.25) is 0 Å². The van der Waals surface area contributed by atoms with E-state index in [1.165, 1.54) is 24.3 Å². The summed E-state index contributed by atoms with van der Waals surface area (Å²) in [7, 11) is 1.56. The zero-order valence-corrected chi connectivity index (χ0v) is 17.0. The van der Waals surface area contributed by atoms with Crippen molar-refractivity contribution in [3.8, 4) is 11.5 Å². The molecule has 7 nitrogen and oxygen atoms in total. The quantitative estimate of drug-likeness (QED) is 0.613. The number of nitrogens with one attached hydrogen (secondary N) is 2. The number of likely N-dealkylation sites (N-methyl/N-ethyl adjacent to an activating group) is 1. The normalized spacial score (nSPS) is 11.8. The van der Waals surface area contributed by atoms with Crippen LogP contribution < -0.4 is 20.1 Å². The minimum atomic E-state index is -2.91. The Morgan fingerprint density at radius 1 is 0.967 bits per heavy atom. The Bertz CT molecular complexity index is 829. The molecule has 0 heterocycles. The molecule has 0 unspecified atom stereocenters. The van der Waals surface area contributed by atoms with Crippen LogP contribution in [-0.2, 0) is 9.59 Å².